The highest BCUT2D eigenvalue weighted by molar-refractivity contribution is 6.76. The van der Waals surface area contributed by atoms with E-state index in [-0.39, 0.29) is 0 Å². The molecular weight excluding hydrogens is 210 g/mol. The molecule has 0 saturated carbocycles. The summed E-state index contributed by atoms with van der Waals surface area (Å²) in [6.07, 6.45) is 2.92. The topological polar surface area (TPSA) is 23.8 Å². The number of nitrogens with zero attached hydrogens (tertiary/aromatic N) is 1. The van der Waals surface area contributed by atoms with E-state index in [2.05, 4.69) is 25.7 Å². The van der Waals surface area contributed by atoms with Crippen molar-refractivity contribution in [1.29, 1.82) is 5.26 Å². The minimum absolute atomic E-state index is 0.897. The average molecular weight is 229 g/mol. The minimum Gasteiger partial charge on any atom is -0.193 e. The molecule has 0 heterocycles. The van der Waals surface area contributed by atoms with Crippen LogP contribution in [0.15, 0.2) is 35.9 Å². The van der Waals surface area contributed by atoms with Crippen LogP contribution in [0.1, 0.15) is 12.0 Å². The average Bonchev–Trinajstić information content (AvgIpc) is 2.24. The van der Waals surface area contributed by atoms with E-state index in [0.29, 0.717) is 0 Å². The van der Waals surface area contributed by atoms with Crippen molar-refractivity contribution >= 4 is 14.1 Å². The first-order valence-electron chi connectivity index (χ1n) is 5.67. The van der Waals surface area contributed by atoms with Crippen LogP contribution in [0.25, 0.3) is 6.08 Å². The third kappa shape index (κ3) is 4.95. The molecule has 84 valence electrons. The van der Waals surface area contributed by atoms with E-state index in [1.54, 1.807) is 0 Å². The van der Waals surface area contributed by atoms with Gasteiger partial charge in [0.1, 0.15) is 0 Å². The van der Waals surface area contributed by atoms with Gasteiger partial charge in [0.05, 0.1) is 6.07 Å². The van der Waals surface area contributed by atoms with Crippen molar-refractivity contribution in [1.82, 2.24) is 0 Å². The van der Waals surface area contributed by atoms with E-state index in [0.717, 1.165) is 17.6 Å². The summed E-state index contributed by atoms with van der Waals surface area (Å²) in [6.45, 7) is 7.01. The molecule has 0 atom stereocenters. The fourth-order valence-corrected chi connectivity index (χ4v) is 2.44. The Morgan fingerprint density at radius 2 is 1.88 bits per heavy atom. The summed E-state index contributed by atoms with van der Waals surface area (Å²) in [5.74, 6) is 0. The number of rotatable bonds is 4. The SMILES string of the molecule is C[Si](C)(C)CC/C(C#N)=C/c1ccccc1. The number of allylic oxidation sites excluding steroid dienone is 1. The lowest BCUT2D eigenvalue weighted by atomic mass is 10.1. The van der Waals surface area contributed by atoms with Gasteiger partial charge in [-0.15, -0.1) is 0 Å². The second-order valence-corrected chi connectivity index (χ2v) is 10.9. The van der Waals surface area contributed by atoms with Gasteiger partial charge in [0.2, 0.25) is 0 Å². The fourth-order valence-electron chi connectivity index (χ4n) is 1.42. The molecule has 1 aromatic carbocycles. The second-order valence-electron chi connectivity index (χ2n) is 5.25. The standard InChI is InChI=1S/C14H19NSi/c1-16(2,3)10-9-14(12-15)11-13-7-5-4-6-8-13/h4-8,11H,9-10H2,1-3H3/b14-11-. The van der Waals surface area contributed by atoms with E-state index in [1.807, 2.05) is 36.4 Å². The molecule has 1 aromatic rings. The van der Waals surface area contributed by atoms with Gasteiger partial charge in [-0.05, 0) is 18.1 Å². The maximum Gasteiger partial charge on any atom is 0.0947 e. The number of hydrogen-bond acceptors (Lipinski definition) is 1. The van der Waals surface area contributed by atoms with E-state index >= 15 is 0 Å². The summed E-state index contributed by atoms with van der Waals surface area (Å²) in [5.41, 5.74) is 2.02. The maximum atomic E-state index is 9.08. The van der Waals surface area contributed by atoms with Crippen molar-refractivity contribution in [2.45, 2.75) is 32.1 Å². The molecule has 0 radical (unpaired) electrons. The zero-order valence-electron chi connectivity index (χ0n) is 10.3. The van der Waals surface area contributed by atoms with Crippen LogP contribution in [0, 0.1) is 11.3 Å². The molecule has 0 saturated heterocycles. The molecule has 0 fully saturated rings. The summed E-state index contributed by atoms with van der Waals surface area (Å²) in [7, 11) is -1.05. The monoisotopic (exact) mass is 229 g/mol. The first-order valence-corrected chi connectivity index (χ1v) is 9.38. The van der Waals surface area contributed by atoms with Crippen LogP contribution in [0.3, 0.4) is 0 Å². The summed E-state index contributed by atoms with van der Waals surface area (Å²) in [4.78, 5) is 0. The molecule has 1 nitrogen and oxygen atoms in total. The van der Waals surface area contributed by atoms with Crippen LogP contribution in [-0.4, -0.2) is 8.07 Å². The van der Waals surface area contributed by atoms with Gasteiger partial charge >= 0.3 is 0 Å². The van der Waals surface area contributed by atoms with E-state index < -0.39 is 8.07 Å². The molecule has 16 heavy (non-hydrogen) atoms. The van der Waals surface area contributed by atoms with Crippen molar-refractivity contribution < 1.29 is 0 Å². The highest BCUT2D eigenvalue weighted by atomic mass is 28.3. The lowest BCUT2D eigenvalue weighted by Gasteiger charge is -2.14. The summed E-state index contributed by atoms with van der Waals surface area (Å²) in [6, 6.07) is 13.5. The minimum atomic E-state index is -1.05. The van der Waals surface area contributed by atoms with Crippen LogP contribution in [0.5, 0.6) is 0 Å². The van der Waals surface area contributed by atoms with Gasteiger partial charge < -0.3 is 0 Å². The second kappa shape index (κ2) is 5.67. The van der Waals surface area contributed by atoms with Crippen LogP contribution in [0.4, 0.5) is 0 Å². The quantitative estimate of drug-likeness (QED) is 0.557. The van der Waals surface area contributed by atoms with E-state index in [9.17, 15) is 0 Å². The van der Waals surface area contributed by atoms with Crippen LogP contribution < -0.4 is 0 Å². The van der Waals surface area contributed by atoms with Crippen molar-refractivity contribution in [3.05, 3.63) is 41.5 Å². The van der Waals surface area contributed by atoms with Gasteiger partial charge in [-0.1, -0.05) is 56.0 Å². The van der Waals surface area contributed by atoms with Gasteiger partial charge in [0.15, 0.2) is 0 Å². The molecule has 0 spiro atoms. The number of benzene rings is 1. The molecule has 0 aliphatic rings. The molecular formula is C14H19NSi. The Balaban J connectivity index is 2.69. The van der Waals surface area contributed by atoms with Crippen molar-refractivity contribution in [3.63, 3.8) is 0 Å². The predicted octanol–water partition coefficient (Wildman–Crippen LogP) is 4.32. The third-order valence-electron chi connectivity index (χ3n) is 2.43. The predicted molar refractivity (Wildman–Crippen MR) is 72.8 cm³/mol. The summed E-state index contributed by atoms with van der Waals surface area (Å²) in [5, 5.41) is 9.08. The fraction of sp³-hybridized carbons (Fsp3) is 0.357. The van der Waals surface area contributed by atoms with Crippen LogP contribution in [-0.2, 0) is 0 Å². The zero-order chi connectivity index (χ0) is 12.0. The Labute approximate surface area is 99.4 Å². The molecule has 0 aromatic heterocycles. The Bertz CT molecular complexity index is 393. The first-order chi connectivity index (χ1) is 7.51. The maximum absolute atomic E-state index is 9.08. The molecule has 1 rings (SSSR count). The summed E-state index contributed by atoms with van der Waals surface area (Å²) >= 11 is 0. The smallest absolute Gasteiger partial charge is 0.0947 e. The molecule has 0 bridgehead atoms. The Kier molecular flexibility index (Phi) is 4.51. The Morgan fingerprint density at radius 1 is 1.25 bits per heavy atom. The normalized spacial score (nSPS) is 12.2. The molecule has 2 heteroatoms. The first kappa shape index (κ1) is 12.7. The number of nitriles is 1. The van der Waals surface area contributed by atoms with Crippen LogP contribution in [0.2, 0.25) is 25.7 Å². The Hall–Kier alpha value is -1.33. The van der Waals surface area contributed by atoms with Crippen molar-refractivity contribution in [2.75, 3.05) is 0 Å². The molecule has 0 aliphatic carbocycles. The molecule has 0 unspecified atom stereocenters. The van der Waals surface area contributed by atoms with Gasteiger partial charge in [-0.2, -0.15) is 5.26 Å². The summed E-state index contributed by atoms with van der Waals surface area (Å²) < 4.78 is 0. The Morgan fingerprint density at radius 3 is 2.38 bits per heavy atom. The molecule has 0 amide bonds. The van der Waals surface area contributed by atoms with E-state index in [1.165, 1.54) is 6.04 Å². The largest absolute Gasteiger partial charge is 0.193 e. The highest BCUT2D eigenvalue weighted by Crippen LogP contribution is 2.17. The van der Waals surface area contributed by atoms with E-state index in [4.69, 9.17) is 5.26 Å². The van der Waals surface area contributed by atoms with Crippen LogP contribution >= 0.6 is 0 Å². The lowest BCUT2D eigenvalue weighted by molar-refractivity contribution is 1.11. The molecule has 0 N–H and O–H groups in total. The van der Waals surface area contributed by atoms with Crippen molar-refractivity contribution in [2.24, 2.45) is 0 Å². The number of hydrogen-bond donors (Lipinski definition) is 0. The van der Waals surface area contributed by atoms with Gasteiger partial charge in [0, 0.05) is 13.6 Å². The lowest BCUT2D eigenvalue weighted by Crippen LogP contribution is -2.18. The molecule has 0 aliphatic heterocycles. The third-order valence-corrected chi connectivity index (χ3v) is 4.18. The van der Waals surface area contributed by atoms with Gasteiger partial charge in [-0.25, -0.2) is 0 Å². The van der Waals surface area contributed by atoms with Crippen molar-refractivity contribution in [3.8, 4) is 6.07 Å². The highest BCUT2D eigenvalue weighted by Gasteiger charge is 2.13. The zero-order valence-corrected chi connectivity index (χ0v) is 11.3. The van der Waals surface area contributed by atoms with Gasteiger partial charge in [0.25, 0.3) is 0 Å². The van der Waals surface area contributed by atoms with Gasteiger partial charge in [-0.3, -0.25) is 0 Å².